The Balaban J connectivity index is 2.18. The zero-order valence-electron chi connectivity index (χ0n) is 7.79. The Hall–Kier alpha value is -1.02. The molecule has 2 rings (SSSR count). The maximum atomic E-state index is 11.1. The van der Waals surface area contributed by atoms with Gasteiger partial charge in [-0.1, -0.05) is 18.2 Å². The van der Waals surface area contributed by atoms with E-state index in [4.69, 9.17) is 11.6 Å². The van der Waals surface area contributed by atoms with Gasteiger partial charge in [0.15, 0.2) is 0 Å². The van der Waals surface area contributed by atoms with Gasteiger partial charge in [-0.2, -0.15) is 0 Å². The van der Waals surface area contributed by atoms with Gasteiger partial charge in [-0.05, 0) is 30.4 Å². The average molecular weight is 210 g/mol. The molecule has 3 heteroatoms. The molecule has 1 aromatic carbocycles. The molecule has 14 heavy (non-hydrogen) atoms. The van der Waals surface area contributed by atoms with Gasteiger partial charge in [0.1, 0.15) is 5.88 Å². The van der Waals surface area contributed by atoms with Gasteiger partial charge in [0.2, 0.25) is 5.91 Å². The first-order chi connectivity index (χ1) is 6.81. The molecular formula is C11H12ClNO. The molecule has 0 aliphatic heterocycles. The largest absolute Gasteiger partial charge is 0.325 e. The van der Waals surface area contributed by atoms with Crippen molar-refractivity contribution in [2.45, 2.75) is 18.8 Å². The summed E-state index contributed by atoms with van der Waals surface area (Å²) in [6.07, 6.45) is 2.46. The Kier molecular flexibility index (Phi) is 2.73. The summed E-state index contributed by atoms with van der Waals surface area (Å²) in [6.45, 7) is 0. The van der Waals surface area contributed by atoms with Crippen LogP contribution in [0.3, 0.4) is 0 Å². The third kappa shape index (κ3) is 2.07. The maximum Gasteiger partial charge on any atom is 0.239 e. The highest BCUT2D eigenvalue weighted by atomic mass is 35.5. The van der Waals surface area contributed by atoms with Crippen molar-refractivity contribution in [3.8, 4) is 0 Å². The summed E-state index contributed by atoms with van der Waals surface area (Å²) >= 11 is 5.44. The van der Waals surface area contributed by atoms with Crippen LogP contribution in [-0.2, 0) is 4.79 Å². The molecule has 1 aliphatic rings. The van der Waals surface area contributed by atoms with E-state index in [-0.39, 0.29) is 11.8 Å². The summed E-state index contributed by atoms with van der Waals surface area (Å²) in [4.78, 5) is 11.1. The first-order valence-electron chi connectivity index (χ1n) is 4.76. The minimum absolute atomic E-state index is 0.0129. The minimum atomic E-state index is -0.139. The van der Waals surface area contributed by atoms with Gasteiger partial charge < -0.3 is 5.32 Å². The number of amides is 1. The van der Waals surface area contributed by atoms with Crippen molar-refractivity contribution < 1.29 is 4.79 Å². The van der Waals surface area contributed by atoms with Crippen molar-refractivity contribution in [2.75, 3.05) is 11.2 Å². The molecule has 0 saturated heterocycles. The summed E-state index contributed by atoms with van der Waals surface area (Å²) < 4.78 is 0. The maximum absolute atomic E-state index is 11.1. The van der Waals surface area contributed by atoms with Crippen LogP contribution in [0, 0.1) is 0 Å². The lowest BCUT2D eigenvalue weighted by molar-refractivity contribution is -0.113. The van der Waals surface area contributed by atoms with Crippen LogP contribution in [0.15, 0.2) is 24.3 Å². The third-order valence-corrected chi connectivity index (χ3v) is 2.62. The second kappa shape index (κ2) is 4.01. The van der Waals surface area contributed by atoms with Crippen LogP contribution in [0.4, 0.5) is 5.69 Å². The lowest BCUT2D eigenvalue weighted by atomic mass is 10.1. The van der Waals surface area contributed by atoms with E-state index in [1.807, 2.05) is 18.2 Å². The van der Waals surface area contributed by atoms with Crippen LogP contribution in [0.5, 0.6) is 0 Å². The molecule has 0 heterocycles. The van der Waals surface area contributed by atoms with Crippen molar-refractivity contribution in [3.05, 3.63) is 29.8 Å². The van der Waals surface area contributed by atoms with Crippen LogP contribution < -0.4 is 5.32 Å². The van der Waals surface area contributed by atoms with Crippen molar-refractivity contribution >= 4 is 23.2 Å². The summed E-state index contributed by atoms with van der Waals surface area (Å²) in [7, 11) is 0. The lowest BCUT2D eigenvalue weighted by Gasteiger charge is -2.08. The van der Waals surface area contributed by atoms with E-state index in [1.165, 1.54) is 18.4 Å². The van der Waals surface area contributed by atoms with Gasteiger partial charge in [-0.3, -0.25) is 4.79 Å². The second-order valence-electron chi connectivity index (χ2n) is 3.54. The minimum Gasteiger partial charge on any atom is -0.325 e. The molecule has 0 atom stereocenters. The number of hydrogen-bond donors (Lipinski definition) is 1. The summed E-state index contributed by atoms with van der Waals surface area (Å²) in [5, 5.41) is 2.81. The normalized spacial score (nSPS) is 15.2. The molecule has 2 nitrogen and oxygen atoms in total. The van der Waals surface area contributed by atoms with E-state index in [9.17, 15) is 4.79 Å². The number of benzene rings is 1. The summed E-state index contributed by atoms with van der Waals surface area (Å²) in [6, 6.07) is 7.93. The highest BCUT2D eigenvalue weighted by molar-refractivity contribution is 6.29. The number of rotatable bonds is 3. The zero-order valence-corrected chi connectivity index (χ0v) is 8.55. The van der Waals surface area contributed by atoms with Gasteiger partial charge in [-0.15, -0.1) is 11.6 Å². The van der Waals surface area contributed by atoms with Crippen LogP contribution >= 0.6 is 11.6 Å². The van der Waals surface area contributed by atoms with E-state index in [1.54, 1.807) is 0 Å². The van der Waals surface area contributed by atoms with E-state index >= 15 is 0 Å². The van der Waals surface area contributed by atoms with E-state index < -0.39 is 0 Å². The molecule has 1 saturated carbocycles. The number of alkyl halides is 1. The van der Waals surface area contributed by atoms with Crippen LogP contribution in [0.25, 0.3) is 0 Å². The van der Waals surface area contributed by atoms with Gasteiger partial charge in [0.05, 0.1) is 0 Å². The Bertz CT molecular complexity index is 347. The molecule has 0 bridgehead atoms. The monoisotopic (exact) mass is 209 g/mol. The fraction of sp³-hybridized carbons (Fsp3) is 0.364. The first-order valence-corrected chi connectivity index (χ1v) is 5.29. The zero-order chi connectivity index (χ0) is 9.97. The average Bonchev–Trinajstić information content (AvgIpc) is 3.02. The number of para-hydroxylation sites is 1. The van der Waals surface area contributed by atoms with Gasteiger partial charge >= 0.3 is 0 Å². The standard InChI is InChI=1S/C11H12ClNO/c12-7-11(14)13-10-4-2-1-3-9(10)8-5-6-8/h1-4,8H,5-7H2,(H,13,14). The van der Waals surface area contributed by atoms with Crippen molar-refractivity contribution in [1.29, 1.82) is 0 Å². The molecule has 1 aromatic rings. The Morgan fingerprint density at radius 3 is 2.79 bits per heavy atom. The second-order valence-corrected chi connectivity index (χ2v) is 3.81. The number of nitrogens with one attached hydrogen (secondary N) is 1. The van der Waals surface area contributed by atoms with Crippen LogP contribution in [-0.4, -0.2) is 11.8 Å². The number of halogens is 1. The molecule has 1 N–H and O–H groups in total. The summed E-state index contributed by atoms with van der Waals surface area (Å²) in [5.41, 5.74) is 2.16. The van der Waals surface area contributed by atoms with Crippen LogP contribution in [0.2, 0.25) is 0 Å². The molecule has 74 valence electrons. The highest BCUT2D eigenvalue weighted by Gasteiger charge is 2.25. The molecule has 1 aliphatic carbocycles. The Morgan fingerprint density at radius 2 is 2.14 bits per heavy atom. The molecular weight excluding hydrogens is 198 g/mol. The molecule has 0 unspecified atom stereocenters. The van der Waals surface area contributed by atoms with Gasteiger partial charge in [0.25, 0.3) is 0 Å². The van der Waals surface area contributed by atoms with Gasteiger partial charge in [-0.25, -0.2) is 0 Å². The fourth-order valence-electron chi connectivity index (χ4n) is 1.54. The third-order valence-electron chi connectivity index (χ3n) is 2.37. The Morgan fingerprint density at radius 1 is 1.43 bits per heavy atom. The van der Waals surface area contributed by atoms with Crippen molar-refractivity contribution in [1.82, 2.24) is 0 Å². The van der Waals surface area contributed by atoms with Crippen molar-refractivity contribution in [3.63, 3.8) is 0 Å². The topological polar surface area (TPSA) is 29.1 Å². The predicted octanol–water partition coefficient (Wildman–Crippen LogP) is 2.74. The molecule has 0 aromatic heterocycles. The smallest absolute Gasteiger partial charge is 0.239 e. The van der Waals surface area contributed by atoms with Gasteiger partial charge in [0, 0.05) is 5.69 Å². The number of carbonyl (C=O) groups excluding carboxylic acids is 1. The molecule has 1 amide bonds. The fourth-order valence-corrected chi connectivity index (χ4v) is 1.61. The molecule has 1 fully saturated rings. The quantitative estimate of drug-likeness (QED) is 0.763. The highest BCUT2D eigenvalue weighted by Crippen LogP contribution is 2.43. The van der Waals surface area contributed by atoms with E-state index in [0.717, 1.165) is 5.69 Å². The predicted molar refractivity (Wildman–Crippen MR) is 57.8 cm³/mol. The summed E-state index contributed by atoms with van der Waals surface area (Å²) in [5.74, 6) is 0.514. The number of carbonyl (C=O) groups is 1. The van der Waals surface area contributed by atoms with E-state index in [2.05, 4.69) is 11.4 Å². The van der Waals surface area contributed by atoms with Crippen molar-refractivity contribution in [2.24, 2.45) is 0 Å². The number of hydrogen-bond acceptors (Lipinski definition) is 1. The SMILES string of the molecule is O=C(CCl)Nc1ccccc1C1CC1. The molecule has 0 spiro atoms. The Labute approximate surface area is 88.3 Å². The van der Waals surface area contributed by atoms with E-state index in [0.29, 0.717) is 5.92 Å². The lowest BCUT2D eigenvalue weighted by Crippen LogP contribution is -2.13. The van der Waals surface area contributed by atoms with Crippen LogP contribution in [0.1, 0.15) is 24.3 Å². The molecule has 0 radical (unpaired) electrons. The number of anilines is 1. The first kappa shape index (κ1) is 9.53.